The van der Waals surface area contributed by atoms with E-state index in [2.05, 4.69) is 51.1 Å². The molecule has 0 aliphatic carbocycles. The summed E-state index contributed by atoms with van der Waals surface area (Å²) < 4.78 is 2.26. The van der Waals surface area contributed by atoms with Crippen molar-refractivity contribution in [1.29, 1.82) is 0 Å². The van der Waals surface area contributed by atoms with Gasteiger partial charge in [0.2, 0.25) is 0 Å². The highest BCUT2D eigenvalue weighted by Gasteiger charge is 2.22. The third-order valence-electron chi connectivity index (χ3n) is 2.24. The van der Waals surface area contributed by atoms with Crippen LogP contribution in [0.1, 0.15) is 52.0 Å². The summed E-state index contributed by atoms with van der Waals surface area (Å²) in [6.07, 6.45) is 1.95. The minimum absolute atomic E-state index is 0.185. The van der Waals surface area contributed by atoms with E-state index in [0.717, 1.165) is 5.69 Å². The Morgan fingerprint density at radius 2 is 1.85 bits per heavy atom. The summed E-state index contributed by atoms with van der Waals surface area (Å²) in [5, 5.41) is 0. The van der Waals surface area contributed by atoms with Gasteiger partial charge in [-0.25, -0.2) is 4.98 Å². The number of nitrogens with zero attached hydrogens (tertiary/aromatic N) is 2. The molecule has 2 nitrogen and oxygen atoms in total. The van der Waals surface area contributed by atoms with Gasteiger partial charge in [-0.3, -0.25) is 0 Å². The van der Waals surface area contributed by atoms with E-state index in [-0.39, 0.29) is 5.41 Å². The topological polar surface area (TPSA) is 17.8 Å². The molecule has 0 aromatic carbocycles. The Kier molecular flexibility index (Phi) is 2.51. The molecule has 1 heterocycles. The van der Waals surface area contributed by atoms with E-state index in [1.54, 1.807) is 0 Å². The fraction of sp³-hybridized carbons (Fsp3) is 0.727. The summed E-state index contributed by atoms with van der Waals surface area (Å²) >= 11 is 0. The van der Waals surface area contributed by atoms with Crippen LogP contribution in [-0.4, -0.2) is 9.55 Å². The fourth-order valence-corrected chi connectivity index (χ4v) is 1.78. The van der Waals surface area contributed by atoms with Crippen molar-refractivity contribution in [2.24, 2.45) is 0 Å². The molecule has 0 spiro atoms. The summed E-state index contributed by atoms with van der Waals surface area (Å²) in [7, 11) is 0. The summed E-state index contributed by atoms with van der Waals surface area (Å²) in [5.74, 6) is 0. The molecule has 1 aromatic rings. The molecular formula is C11H20N2. The van der Waals surface area contributed by atoms with Gasteiger partial charge in [-0.1, -0.05) is 20.8 Å². The van der Waals surface area contributed by atoms with Crippen LogP contribution in [0, 0.1) is 6.92 Å². The first-order valence-electron chi connectivity index (χ1n) is 4.88. The van der Waals surface area contributed by atoms with Crippen LogP contribution >= 0.6 is 0 Å². The minimum Gasteiger partial charge on any atom is -0.331 e. The molecule has 0 aliphatic heterocycles. The molecule has 0 atom stereocenters. The van der Waals surface area contributed by atoms with E-state index in [1.807, 2.05) is 6.33 Å². The molecular weight excluding hydrogens is 160 g/mol. The van der Waals surface area contributed by atoms with E-state index in [0.29, 0.717) is 6.04 Å². The zero-order valence-corrected chi connectivity index (χ0v) is 9.55. The molecule has 2 heteroatoms. The molecule has 0 saturated heterocycles. The Hall–Kier alpha value is -0.790. The number of hydrogen-bond donors (Lipinski definition) is 0. The molecule has 0 N–H and O–H groups in total. The first-order valence-corrected chi connectivity index (χ1v) is 4.88. The highest BCUT2D eigenvalue weighted by atomic mass is 15.1. The van der Waals surface area contributed by atoms with Crippen molar-refractivity contribution in [2.75, 3.05) is 0 Å². The molecule has 1 aromatic heterocycles. The van der Waals surface area contributed by atoms with Gasteiger partial charge >= 0.3 is 0 Å². The SMILES string of the molecule is Cc1ncn(C(C)C)c1C(C)(C)C. The summed E-state index contributed by atoms with van der Waals surface area (Å²) in [6, 6.07) is 0.496. The van der Waals surface area contributed by atoms with Crippen molar-refractivity contribution >= 4 is 0 Å². The van der Waals surface area contributed by atoms with Gasteiger partial charge in [-0.2, -0.15) is 0 Å². The standard InChI is InChI=1S/C11H20N2/c1-8(2)13-7-12-9(3)10(13)11(4,5)6/h7-8H,1-6H3. The lowest BCUT2D eigenvalue weighted by molar-refractivity contribution is 0.482. The molecule has 0 radical (unpaired) electrons. The van der Waals surface area contributed by atoms with Gasteiger partial charge < -0.3 is 4.57 Å². The zero-order valence-electron chi connectivity index (χ0n) is 9.55. The maximum absolute atomic E-state index is 4.37. The lowest BCUT2D eigenvalue weighted by Crippen LogP contribution is -2.19. The van der Waals surface area contributed by atoms with Gasteiger partial charge in [0.15, 0.2) is 0 Å². The Morgan fingerprint density at radius 3 is 2.15 bits per heavy atom. The molecule has 0 saturated carbocycles. The maximum Gasteiger partial charge on any atom is 0.0954 e. The number of imidazole rings is 1. The van der Waals surface area contributed by atoms with E-state index < -0.39 is 0 Å². The summed E-state index contributed by atoms with van der Waals surface area (Å²) in [5.41, 5.74) is 2.69. The number of rotatable bonds is 1. The van der Waals surface area contributed by atoms with Crippen molar-refractivity contribution < 1.29 is 0 Å². The van der Waals surface area contributed by atoms with Gasteiger partial charge in [-0.05, 0) is 20.8 Å². The molecule has 0 bridgehead atoms. The van der Waals surface area contributed by atoms with Crippen molar-refractivity contribution in [2.45, 2.75) is 53.0 Å². The predicted octanol–water partition coefficient (Wildman–Crippen LogP) is 3.07. The Morgan fingerprint density at radius 1 is 1.31 bits per heavy atom. The van der Waals surface area contributed by atoms with Crippen molar-refractivity contribution in [3.8, 4) is 0 Å². The molecule has 0 aliphatic rings. The monoisotopic (exact) mass is 180 g/mol. The molecule has 1 rings (SSSR count). The van der Waals surface area contributed by atoms with Crippen LogP contribution in [0.25, 0.3) is 0 Å². The van der Waals surface area contributed by atoms with Crippen molar-refractivity contribution in [3.05, 3.63) is 17.7 Å². The van der Waals surface area contributed by atoms with Crippen LogP contribution < -0.4 is 0 Å². The highest BCUT2D eigenvalue weighted by Crippen LogP contribution is 2.27. The number of aryl methyl sites for hydroxylation is 1. The van der Waals surface area contributed by atoms with Crippen LogP contribution in [-0.2, 0) is 5.41 Å². The van der Waals surface area contributed by atoms with Crippen molar-refractivity contribution in [1.82, 2.24) is 9.55 Å². The van der Waals surface area contributed by atoms with Gasteiger partial charge in [0, 0.05) is 17.2 Å². The van der Waals surface area contributed by atoms with E-state index >= 15 is 0 Å². The highest BCUT2D eigenvalue weighted by molar-refractivity contribution is 5.20. The maximum atomic E-state index is 4.37. The fourth-order valence-electron chi connectivity index (χ4n) is 1.78. The molecule has 74 valence electrons. The first-order chi connectivity index (χ1) is 5.84. The Bertz CT molecular complexity index is 290. The normalized spacial score (nSPS) is 12.5. The minimum atomic E-state index is 0.185. The zero-order chi connectivity index (χ0) is 10.2. The average Bonchev–Trinajstić information content (AvgIpc) is 2.28. The third-order valence-corrected chi connectivity index (χ3v) is 2.24. The number of hydrogen-bond acceptors (Lipinski definition) is 1. The summed E-state index contributed by atoms with van der Waals surface area (Å²) in [4.78, 5) is 4.37. The second-order valence-electron chi connectivity index (χ2n) is 4.93. The lowest BCUT2D eigenvalue weighted by Gasteiger charge is -2.23. The smallest absolute Gasteiger partial charge is 0.0954 e. The lowest BCUT2D eigenvalue weighted by atomic mass is 9.90. The van der Waals surface area contributed by atoms with Gasteiger partial charge in [-0.15, -0.1) is 0 Å². The van der Waals surface area contributed by atoms with Crippen LogP contribution in [0.5, 0.6) is 0 Å². The van der Waals surface area contributed by atoms with E-state index in [4.69, 9.17) is 0 Å². The van der Waals surface area contributed by atoms with E-state index in [9.17, 15) is 0 Å². The third kappa shape index (κ3) is 1.93. The van der Waals surface area contributed by atoms with E-state index in [1.165, 1.54) is 5.69 Å². The van der Waals surface area contributed by atoms with Gasteiger partial charge in [0.25, 0.3) is 0 Å². The second-order valence-corrected chi connectivity index (χ2v) is 4.93. The summed E-state index contributed by atoms with van der Waals surface area (Å²) in [6.45, 7) is 13.2. The first kappa shape index (κ1) is 10.3. The quantitative estimate of drug-likeness (QED) is 0.649. The molecule has 0 fully saturated rings. The van der Waals surface area contributed by atoms with Crippen LogP contribution in [0.2, 0.25) is 0 Å². The predicted molar refractivity (Wildman–Crippen MR) is 56.0 cm³/mol. The second kappa shape index (κ2) is 3.17. The van der Waals surface area contributed by atoms with Crippen LogP contribution in [0.15, 0.2) is 6.33 Å². The van der Waals surface area contributed by atoms with Gasteiger partial charge in [0.1, 0.15) is 0 Å². The van der Waals surface area contributed by atoms with Crippen LogP contribution in [0.4, 0.5) is 0 Å². The van der Waals surface area contributed by atoms with Crippen molar-refractivity contribution in [3.63, 3.8) is 0 Å². The average molecular weight is 180 g/mol. The largest absolute Gasteiger partial charge is 0.331 e. The van der Waals surface area contributed by atoms with Crippen LogP contribution in [0.3, 0.4) is 0 Å². The molecule has 0 amide bonds. The molecule has 13 heavy (non-hydrogen) atoms. The Labute approximate surface area is 81.0 Å². The number of aromatic nitrogens is 2. The Balaban J connectivity index is 3.25. The molecule has 0 unspecified atom stereocenters. The van der Waals surface area contributed by atoms with Gasteiger partial charge in [0.05, 0.1) is 12.0 Å².